The van der Waals surface area contributed by atoms with Crippen molar-refractivity contribution in [2.24, 2.45) is 0 Å². The summed E-state index contributed by atoms with van der Waals surface area (Å²) in [5.41, 5.74) is 1.23. The van der Waals surface area contributed by atoms with E-state index in [0.29, 0.717) is 28.8 Å². The molecule has 4 rings (SSSR count). The first kappa shape index (κ1) is 14.9. The summed E-state index contributed by atoms with van der Waals surface area (Å²) >= 11 is 1.46. The third kappa shape index (κ3) is 2.90. The molecule has 2 heterocycles. The number of carbonyl (C=O) groups excluding carboxylic acids is 1. The number of anilines is 1. The van der Waals surface area contributed by atoms with Gasteiger partial charge in [0, 0.05) is 11.5 Å². The molecule has 6 nitrogen and oxygen atoms in total. The number of ether oxygens (including phenoxy) is 1. The number of aromatic nitrogens is 2. The molecule has 0 bridgehead atoms. The molecule has 1 aliphatic rings. The summed E-state index contributed by atoms with van der Waals surface area (Å²) in [5.74, 6) is 2.16. The van der Waals surface area contributed by atoms with Gasteiger partial charge in [-0.1, -0.05) is 5.16 Å². The molecular weight excluding hydrogens is 326 g/mol. The Kier molecular flexibility index (Phi) is 3.78. The topological polar surface area (TPSA) is 77.2 Å². The molecule has 0 radical (unpaired) electrons. The Bertz CT molecular complexity index is 865. The number of amides is 1. The van der Waals surface area contributed by atoms with Crippen molar-refractivity contribution in [2.45, 2.75) is 18.8 Å². The van der Waals surface area contributed by atoms with Crippen LogP contribution in [-0.2, 0) is 0 Å². The average molecular weight is 341 g/mol. The van der Waals surface area contributed by atoms with E-state index in [-0.39, 0.29) is 5.91 Å². The van der Waals surface area contributed by atoms with Crippen molar-refractivity contribution >= 4 is 22.9 Å². The lowest BCUT2D eigenvalue weighted by atomic mass is 10.2. The summed E-state index contributed by atoms with van der Waals surface area (Å²) in [5, 5.41) is 8.81. The maximum atomic E-state index is 12.4. The highest BCUT2D eigenvalue weighted by atomic mass is 32.1. The van der Waals surface area contributed by atoms with Crippen LogP contribution in [0.25, 0.3) is 10.8 Å². The van der Waals surface area contributed by atoms with E-state index in [2.05, 4.69) is 15.5 Å². The van der Waals surface area contributed by atoms with Gasteiger partial charge in [0.1, 0.15) is 10.6 Å². The molecule has 0 atom stereocenters. The standard InChI is InChI=1S/C17H15N3O3S/c1-22-12-6-4-11(5-7-12)16(21)18-13-8-9-24-14(13)17-19-15(20-23-17)10-2-3-10/h4-10H,2-3H2,1H3,(H,18,21). The van der Waals surface area contributed by atoms with Crippen LogP contribution >= 0.6 is 11.3 Å². The van der Waals surface area contributed by atoms with Gasteiger partial charge in [-0.3, -0.25) is 4.79 Å². The average Bonchev–Trinajstić information content (AvgIpc) is 3.17. The Morgan fingerprint density at radius 1 is 1.29 bits per heavy atom. The van der Waals surface area contributed by atoms with Gasteiger partial charge in [-0.2, -0.15) is 4.98 Å². The third-order valence-electron chi connectivity index (χ3n) is 3.84. The number of rotatable bonds is 5. The Labute approximate surface area is 142 Å². The van der Waals surface area contributed by atoms with Gasteiger partial charge >= 0.3 is 0 Å². The largest absolute Gasteiger partial charge is 0.497 e. The molecule has 122 valence electrons. The lowest BCUT2D eigenvalue weighted by molar-refractivity contribution is 0.102. The minimum atomic E-state index is -0.195. The van der Waals surface area contributed by atoms with E-state index < -0.39 is 0 Å². The summed E-state index contributed by atoms with van der Waals surface area (Å²) in [6.45, 7) is 0. The molecule has 1 fully saturated rings. The van der Waals surface area contributed by atoms with E-state index in [0.717, 1.165) is 23.5 Å². The first-order chi connectivity index (χ1) is 11.7. The summed E-state index contributed by atoms with van der Waals surface area (Å²) in [6.07, 6.45) is 2.23. The monoisotopic (exact) mass is 341 g/mol. The van der Waals surface area contributed by atoms with Crippen LogP contribution < -0.4 is 10.1 Å². The molecule has 1 N–H and O–H groups in total. The van der Waals surface area contributed by atoms with Gasteiger partial charge in [-0.25, -0.2) is 0 Å². The van der Waals surface area contributed by atoms with Gasteiger partial charge in [0.2, 0.25) is 0 Å². The summed E-state index contributed by atoms with van der Waals surface area (Å²) in [7, 11) is 1.59. The molecule has 7 heteroatoms. The fraction of sp³-hybridized carbons (Fsp3) is 0.235. The number of nitrogens with zero attached hydrogens (tertiary/aromatic N) is 2. The Balaban J connectivity index is 1.54. The van der Waals surface area contributed by atoms with E-state index in [4.69, 9.17) is 9.26 Å². The zero-order valence-corrected chi connectivity index (χ0v) is 13.8. The number of hydrogen-bond acceptors (Lipinski definition) is 6. The van der Waals surface area contributed by atoms with Crippen LogP contribution in [0, 0.1) is 0 Å². The van der Waals surface area contributed by atoms with Crippen LogP contribution in [0.4, 0.5) is 5.69 Å². The molecule has 24 heavy (non-hydrogen) atoms. The molecule has 0 saturated heterocycles. The van der Waals surface area contributed by atoms with Crippen LogP contribution in [0.2, 0.25) is 0 Å². The van der Waals surface area contributed by atoms with Crippen LogP contribution in [0.15, 0.2) is 40.2 Å². The molecule has 2 aromatic heterocycles. The molecule has 1 amide bonds. The maximum Gasteiger partial charge on any atom is 0.270 e. The van der Waals surface area contributed by atoms with E-state index in [1.807, 2.05) is 11.4 Å². The fourth-order valence-corrected chi connectivity index (χ4v) is 3.11. The van der Waals surface area contributed by atoms with Crippen molar-refractivity contribution in [3.8, 4) is 16.5 Å². The lowest BCUT2D eigenvalue weighted by Crippen LogP contribution is -2.11. The van der Waals surface area contributed by atoms with E-state index in [1.54, 1.807) is 31.4 Å². The molecular formula is C17H15N3O3S. The van der Waals surface area contributed by atoms with Gasteiger partial charge in [0.15, 0.2) is 5.82 Å². The highest BCUT2D eigenvalue weighted by molar-refractivity contribution is 7.14. The second-order valence-electron chi connectivity index (χ2n) is 5.58. The highest BCUT2D eigenvalue weighted by Crippen LogP contribution is 2.40. The Hall–Kier alpha value is -2.67. The van der Waals surface area contributed by atoms with E-state index in [9.17, 15) is 4.79 Å². The van der Waals surface area contributed by atoms with E-state index >= 15 is 0 Å². The first-order valence-electron chi connectivity index (χ1n) is 7.61. The van der Waals surface area contributed by atoms with Gasteiger partial charge in [0.05, 0.1) is 12.8 Å². The number of methoxy groups -OCH3 is 1. The molecule has 0 spiro atoms. The zero-order chi connectivity index (χ0) is 16.5. The van der Waals surface area contributed by atoms with Crippen LogP contribution in [0.1, 0.15) is 34.9 Å². The zero-order valence-electron chi connectivity index (χ0n) is 13.0. The molecule has 1 aliphatic carbocycles. The number of hydrogen-bond donors (Lipinski definition) is 1. The smallest absolute Gasteiger partial charge is 0.270 e. The predicted molar refractivity (Wildman–Crippen MR) is 90.5 cm³/mol. The number of carbonyl (C=O) groups is 1. The number of benzene rings is 1. The molecule has 1 aromatic carbocycles. The maximum absolute atomic E-state index is 12.4. The normalized spacial score (nSPS) is 13.7. The van der Waals surface area contributed by atoms with Gasteiger partial charge in [0.25, 0.3) is 11.8 Å². The third-order valence-corrected chi connectivity index (χ3v) is 4.75. The van der Waals surface area contributed by atoms with Crippen molar-refractivity contribution in [2.75, 3.05) is 12.4 Å². The van der Waals surface area contributed by atoms with Crippen molar-refractivity contribution in [3.05, 3.63) is 47.1 Å². The molecule has 1 saturated carbocycles. The van der Waals surface area contributed by atoms with E-state index in [1.165, 1.54) is 11.3 Å². The molecule has 0 aliphatic heterocycles. The van der Waals surface area contributed by atoms with Crippen LogP contribution in [0.5, 0.6) is 5.75 Å². The highest BCUT2D eigenvalue weighted by Gasteiger charge is 2.29. The SMILES string of the molecule is COc1ccc(C(=O)Nc2ccsc2-c2nc(C3CC3)no2)cc1. The molecule has 0 unspecified atom stereocenters. The summed E-state index contributed by atoms with van der Waals surface area (Å²) < 4.78 is 10.5. The van der Waals surface area contributed by atoms with Crippen LogP contribution in [-0.4, -0.2) is 23.2 Å². The van der Waals surface area contributed by atoms with Gasteiger partial charge in [-0.05, 0) is 48.6 Å². The second-order valence-corrected chi connectivity index (χ2v) is 6.49. The van der Waals surface area contributed by atoms with Gasteiger partial charge < -0.3 is 14.6 Å². The van der Waals surface area contributed by atoms with Crippen LogP contribution in [0.3, 0.4) is 0 Å². The predicted octanol–water partition coefficient (Wildman–Crippen LogP) is 3.94. The second kappa shape index (κ2) is 6.09. The van der Waals surface area contributed by atoms with Crippen molar-refractivity contribution in [1.29, 1.82) is 0 Å². The Morgan fingerprint density at radius 3 is 2.79 bits per heavy atom. The fourth-order valence-electron chi connectivity index (χ4n) is 2.34. The quantitative estimate of drug-likeness (QED) is 0.760. The summed E-state index contributed by atoms with van der Waals surface area (Å²) in [6, 6.07) is 8.78. The minimum absolute atomic E-state index is 0.195. The first-order valence-corrected chi connectivity index (χ1v) is 8.49. The van der Waals surface area contributed by atoms with Gasteiger partial charge in [-0.15, -0.1) is 11.3 Å². The minimum Gasteiger partial charge on any atom is -0.497 e. The van der Waals surface area contributed by atoms with Crippen molar-refractivity contribution in [3.63, 3.8) is 0 Å². The Morgan fingerprint density at radius 2 is 2.08 bits per heavy atom. The number of nitrogens with one attached hydrogen (secondary N) is 1. The lowest BCUT2D eigenvalue weighted by Gasteiger charge is -2.05. The van der Waals surface area contributed by atoms with Crippen molar-refractivity contribution in [1.82, 2.24) is 10.1 Å². The molecule has 3 aromatic rings. The summed E-state index contributed by atoms with van der Waals surface area (Å²) in [4.78, 5) is 17.6. The van der Waals surface area contributed by atoms with Crippen molar-refractivity contribution < 1.29 is 14.1 Å². The number of thiophene rings is 1.